The van der Waals surface area contributed by atoms with Crippen molar-refractivity contribution in [2.24, 2.45) is 0 Å². The Kier molecular flexibility index (Phi) is 5.33. The predicted molar refractivity (Wildman–Crippen MR) is 92.3 cm³/mol. The largest absolute Gasteiger partial charge is 0.313 e. The fraction of sp³-hybridized carbons (Fsp3) is 0.471. The topological polar surface area (TPSA) is 24.9 Å². The molecule has 2 aromatic rings. The maximum absolute atomic E-state index is 4.46. The van der Waals surface area contributed by atoms with Crippen molar-refractivity contribution in [2.45, 2.75) is 47.7 Å². The van der Waals surface area contributed by atoms with Crippen molar-refractivity contribution in [1.29, 1.82) is 0 Å². The van der Waals surface area contributed by atoms with Crippen LogP contribution in [0.25, 0.3) is 0 Å². The molecule has 1 N–H and O–H groups in total. The van der Waals surface area contributed by atoms with Crippen molar-refractivity contribution in [3.63, 3.8) is 0 Å². The Hall–Kier alpha value is -0.840. The van der Waals surface area contributed by atoms with E-state index in [4.69, 9.17) is 0 Å². The van der Waals surface area contributed by atoms with Crippen LogP contribution in [0.5, 0.6) is 0 Å². The van der Waals surface area contributed by atoms with Gasteiger partial charge in [-0.25, -0.2) is 4.98 Å². The summed E-state index contributed by atoms with van der Waals surface area (Å²) in [5.41, 5.74) is 1.50. The molecule has 1 aliphatic rings. The first-order chi connectivity index (χ1) is 10.4. The van der Waals surface area contributed by atoms with Crippen LogP contribution in [0.3, 0.4) is 0 Å². The van der Waals surface area contributed by atoms with E-state index in [2.05, 4.69) is 52.9 Å². The number of hydrogen-bond donors (Lipinski definition) is 1. The van der Waals surface area contributed by atoms with Gasteiger partial charge in [-0.15, -0.1) is 11.3 Å². The summed E-state index contributed by atoms with van der Waals surface area (Å²) in [6.45, 7) is 3.25. The molecule has 2 nitrogen and oxygen atoms in total. The maximum Gasteiger partial charge on any atom is 0.150 e. The molecule has 112 valence electrons. The molecule has 0 aliphatic heterocycles. The molecule has 1 heterocycles. The zero-order valence-electron chi connectivity index (χ0n) is 12.4. The first kappa shape index (κ1) is 15.1. The van der Waals surface area contributed by atoms with E-state index in [-0.39, 0.29) is 0 Å². The Morgan fingerprint density at radius 1 is 1.29 bits per heavy atom. The highest BCUT2D eigenvalue weighted by Crippen LogP contribution is 2.41. The molecule has 21 heavy (non-hydrogen) atoms. The second-order valence-corrected chi connectivity index (χ2v) is 7.92. The molecule has 1 aliphatic carbocycles. The lowest BCUT2D eigenvalue weighted by molar-refractivity contribution is 0.358. The van der Waals surface area contributed by atoms with Gasteiger partial charge in [-0.3, -0.25) is 0 Å². The van der Waals surface area contributed by atoms with Gasteiger partial charge < -0.3 is 5.32 Å². The quantitative estimate of drug-likeness (QED) is 0.875. The molecule has 3 atom stereocenters. The standard InChI is InChI=1S/C17H22N2S2/c1-2-18-15-9-8-14(13-6-4-3-5-7-13)12-16(15)21-17-19-10-11-20-17/h3-7,10-11,14-16,18H,2,8-9,12H2,1H3. The fourth-order valence-electron chi connectivity index (χ4n) is 3.18. The summed E-state index contributed by atoms with van der Waals surface area (Å²) in [7, 11) is 0. The lowest BCUT2D eigenvalue weighted by atomic mass is 9.81. The average molecular weight is 319 g/mol. The van der Waals surface area contributed by atoms with Gasteiger partial charge in [-0.05, 0) is 37.3 Å². The molecule has 0 bridgehead atoms. The second kappa shape index (κ2) is 7.43. The molecule has 0 spiro atoms. The lowest BCUT2D eigenvalue weighted by Crippen LogP contribution is -2.42. The van der Waals surface area contributed by atoms with E-state index in [9.17, 15) is 0 Å². The molecule has 1 saturated carbocycles. The molecule has 3 unspecified atom stereocenters. The van der Waals surface area contributed by atoms with Crippen LogP contribution in [0, 0.1) is 0 Å². The van der Waals surface area contributed by atoms with Gasteiger partial charge >= 0.3 is 0 Å². The highest BCUT2D eigenvalue weighted by molar-refractivity contribution is 8.01. The number of aromatic nitrogens is 1. The van der Waals surface area contributed by atoms with Gasteiger partial charge in [0.15, 0.2) is 0 Å². The normalized spacial score (nSPS) is 25.9. The zero-order valence-corrected chi connectivity index (χ0v) is 14.0. The monoisotopic (exact) mass is 318 g/mol. The molecule has 1 fully saturated rings. The molecule has 0 saturated heterocycles. The Morgan fingerprint density at radius 3 is 2.86 bits per heavy atom. The third-order valence-electron chi connectivity index (χ3n) is 4.19. The van der Waals surface area contributed by atoms with Gasteiger partial charge in [0.05, 0.1) is 0 Å². The summed E-state index contributed by atoms with van der Waals surface area (Å²) in [6.07, 6.45) is 5.70. The zero-order chi connectivity index (χ0) is 14.5. The fourth-order valence-corrected chi connectivity index (χ4v) is 5.41. The Labute approximate surface area is 135 Å². The van der Waals surface area contributed by atoms with Gasteiger partial charge in [0.1, 0.15) is 4.34 Å². The van der Waals surface area contributed by atoms with Gasteiger partial charge in [0, 0.05) is 22.9 Å². The van der Waals surface area contributed by atoms with Gasteiger partial charge in [-0.2, -0.15) is 0 Å². The number of nitrogens with one attached hydrogen (secondary N) is 1. The Balaban J connectivity index is 1.72. The van der Waals surface area contributed by atoms with E-state index >= 15 is 0 Å². The summed E-state index contributed by atoms with van der Waals surface area (Å²) >= 11 is 3.72. The van der Waals surface area contributed by atoms with Crippen LogP contribution in [-0.2, 0) is 0 Å². The third kappa shape index (κ3) is 3.87. The van der Waals surface area contributed by atoms with Crippen molar-refractivity contribution in [3.05, 3.63) is 47.5 Å². The summed E-state index contributed by atoms with van der Waals surface area (Å²) < 4.78 is 1.21. The van der Waals surface area contributed by atoms with Crippen LogP contribution >= 0.6 is 23.1 Å². The predicted octanol–water partition coefficient (Wildman–Crippen LogP) is 4.55. The Morgan fingerprint density at radius 2 is 2.14 bits per heavy atom. The Bertz CT molecular complexity index is 527. The summed E-state index contributed by atoms with van der Waals surface area (Å²) in [5, 5.41) is 6.37. The number of thioether (sulfide) groups is 1. The third-order valence-corrected chi connectivity index (χ3v) is 6.46. The maximum atomic E-state index is 4.46. The van der Waals surface area contributed by atoms with Crippen LogP contribution < -0.4 is 5.32 Å². The van der Waals surface area contributed by atoms with Crippen LogP contribution in [0.4, 0.5) is 0 Å². The van der Waals surface area contributed by atoms with Crippen LogP contribution in [0.2, 0.25) is 0 Å². The van der Waals surface area contributed by atoms with Crippen molar-refractivity contribution in [2.75, 3.05) is 6.54 Å². The van der Waals surface area contributed by atoms with Crippen LogP contribution in [-0.4, -0.2) is 22.8 Å². The lowest BCUT2D eigenvalue weighted by Gasteiger charge is -2.36. The molecule has 1 aromatic carbocycles. The number of hydrogen-bond acceptors (Lipinski definition) is 4. The van der Waals surface area contributed by atoms with E-state index in [0.29, 0.717) is 17.2 Å². The number of nitrogens with zero attached hydrogens (tertiary/aromatic N) is 1. The van der Waals surface area contributed by atoms with E-state index in [1.165, 1.54) is 29.2 Å². The average Bonchev–Trinajstić information content (AvgIpc) is 3.03. The van der Waals surface area contributed by atoms with Crippen molar-refractivity contribution >= 4 is 23.1 Å². The number of rotatable bonds is 5. The minimum absolute atomic E-state index is 0.615. The molecular formula is C17H22N2S2. The van der Waals surface area contributed by atoms with Crippen LogP contribution in [0.1, 0.15) is 37.7 Å². The molecular weight excluding hydrogens is 296 g/mol. The molecule has 0 radical (unpaired) electrons. The SMILES string of the molecule is CCNC1CCC(c2ccccc2)CC1Sc1nccs1. The summed E-state index contributed by atoms with van der Waals surface area (Å²) in [4.78, 5) is 4.46. The molecule has 0 amide bonds. The molecule has 4 heteroatoms. The van der Waals surface area contributed by atoms with Crippen LogP contribution in [0.15, 0.2) is 46.2 Å². The highest BCUT2D eigenvalue weighted by Gasteiger charge is 2.31. The van der Waals surface area contributed by atoms with Crippen molar-refractivity contribution in [3.8, 4) is 0 Å². The van der Waals surface area contributed by atoms with Gasteiger partial charge in [0.25, 0.3) is 0 Å². The van der Waals surface area contributed by atoms with Gasteiger partial charge in [0.2, 0.25) is 0 Å². The molecule has 3 rings (SSSR count). The first-order valence-corrected chi connectivity index (χ1v) is 9.47. The van der Waals surface area contributed by atoms with Crippen molar-refractivity contribution < 1.29 is 0 Å². The minimum Gasteiger partial charge on any atom is -0.313 e. The summed E-state index contributed by atoms with van der Waals surface area (Å²) in [6, 6.07) is 11.6. The number of benzene rings is 1. The van der Waals surface area contributed by atoms with Gasteiger partial charge in [-0.1, -0.05) is 49.0 Å². The van der Waals surface area contributed by atoms with E-state index in [1.807, 2.05) is 18.0 Å². The van der Waals surface area contributed by atoms with Crippen molar-refractivity contribution in [1.82, 2.24) is 10.3 Å². The minimum atomic E-state index is 0.615. The summed E-state index contributed by atoms with van der Waals surface area (Å²) in [5.74, 6) is 0.693. The second-order valence-electron chi connectivity index (χ2n) is 5.54. The van der Waals surface area contributed by atoms with E-state index in [1.54, 1.807) is 11.3 Å². The first-order valence-electron chi connectivity index (χ1n) is 7.71. The van der Waals surface area contributed by atoms with E-state index < -0.39 is 0 Å². The smallest absolute Gasteiger partial charge is 0.150 e. The molecule has 1 aromatic heterocycles. The number of thiazole rings is 1. The van der Waals surface area contributed by atoms with E-state index in [0.717, 1.165) is 6.54 Å². The highest BCUT2D eigenvalue weighted by atomic mass is 32.2.